The molecule has 6 heterocycles. The lowest BCUT2D eigenvalue weighted by atomic mass is 9.71. The van der Waals surface area contributed by atoms with Crippen LogP contribution in [-0.2, 0) is 16.2 Å². The molecule has 147 heavy (non-hydrogen) atoms. The van der Waals surface area contributed by atoms with E-state index in [0.29, 0.717) is 16.7 Å². The van der Waals surface area contributed by atoms with E-state index in [1.807, 2.05) is 36.4 Å². The monoisotopic (exact) mass is 1880 g/mol. The van der Waals surface area contributed by atoms with Crippen molar-refractivity contribution in [2.45, 2.75) is 57.8 Å². The van der Waals surface area contributed by atoms with Gasteiger partial charge in [0.25, 0.3) is 0 Å². The minimum atomic E-state index is -0.225. The van der Waals surface area contributed by atoms with Gasteiger partial charge >= 0.3 is 0 Å². The zero-order valence-electron chi connectivity index (χ0n) is 82.3. The molecule has 3 aliphatic heterocycles. The fraction of sp³-hybridized carbons (Fsp3) is 0.0652. The zero-order valence-corrected chi connectivity index (χ0v) is 82.3. The number of rotatable bonds is 12. The largest absolute Gasteiger partial charge is 0.310 e. The highest BCUT2D eigenvalue weighted by Crippen LogP contribution is 2.59. The first-order valence-electron chi connectivity index (χ1n) is 50.3. The van der Waals surface area contributed by atoms with Gasteiger partial charge in [-0.25, -0.2) is 0 Å². The molecule has 0 saturated heterocycles. The van der Waals surface area contributed by atoms with Gasteiger partial charge in [0.2, 0.25) is 0 Å². The molecule has 9 nitrogen and oxygen atoms in total. The van der Waals surface area contributed by atoms with Crippen LogP contribution in [0, 0.1) is 34.0 Å². The van der Waals surface area contributed by atoms with Gasteiger partial charge < -0.3 is 28.4 Å². The minimum Gasteiger partial charge on any atom is -0.310 e. The van der Waals surface area contributed by atoms with Gasteiger partial charge in [0.15, 0.2) is 0 Å². The first-order chi connectivity index (χ1) is 72.2. The fourth-order valence-corrected chi connectivity index (χ4v) is 23.8. The number of hydrogen-bond donors (Lipinski definition) is 0. The second-order valence-corrected chi connectivity index (χ2v) is 39.9. The van der Waals surface area contributed by atoms with Gasteiger partial charge in [0.05, 0.1) is 101 Å². The predicted molar refractivity (Wildman–Crippen MR) is 610 cm³/mol. The second kappa shape index (κ2) is 36.1. The molecule has 9 heteroatoms. The molecular formula is C138H99N9. The van der Waals surface area contributed by atoms with Gasteiger partial charge in [-0.15, -0.1) is 0 Å². The van der Waals surface area contributed by atoms with Crippen LogP contribution in [0.15, 0.2) is 491 Å². The van der Waals surface area contributed by atoms with Crippen molar-refractivity contribution in [1.29, 1.82) is 15.8 Å². The Morgan fingerprint density at radius 2 is 0.422 bits per heavy atom. The Bertz CT molecular complexity index is 9280. The van der Waals surface area contributed by atoms with E-state index in [1.54, 1.807) is 0 Å². The molecule has 0 saturated carbocycles. The van der Waals surface area contributed by atoms with Crippen molar-refractivity contribution in [3.8, 4) is 102 Å². The molecule has 3 aromatic heterocycles. The van der Waals surface area contributed by atoms with E-state index in [-0.39, 0.29) is 16.2 Å². The molecule has 0 aliphatic carbocycles. The van der Waals surface area contributed by atoms with Gasteiger partial charge in [-0.05, 0) is 199 Å². The van der Waals surface area contributed by atoms with Crippen molar-refractivity contribution < 1.29 is 0 Å². The zero-order chi connectivity index (χ0) is 99.3. The molecule has 0 radical (unpaired) electrons. The Morgan fingerprint density at radius 3 is 0.789 bits per heavy atom. The summed E-state index contributed by atoms with van der Waals surface area (Å²) in [6.07, 6.45) is 0. The number of anilines is 9. The standard InChI is InChI=1S/3C46H33N3/c1-46(2)39-21-8-11-24-42(39)48(34-15-4-3-5-16-34)43-25-13-19-35(44(43)46)31-26-28-32(29-27-31)36-20-12-14-33(30-47)45(36)49-40-22-9-6-17-37(40)38-18-7-10-23-41(38)49;1-46(2)39-21-8-11-25-43(39)48(34-15-4-3-5-16-34)45-36(20-13-22-40(45)46)32-28-26-31(27-29-32)35-19-12-14-33(30-47)44(35)49-41-23-9-6-17-37(41)38-18-7-10-24-42(38)49;1-46(2)39-19-8-11-22-43(39)48(35-14-4-3-5-15-35)44-29-33(27-28-40(44)46)31-23-25-32(26-24-31)36-18-12-13-34(30-47)45(36)49-41-20-9-6-16-37(41)38-17-7-10-21-42(38)49/h3*3-29H,1-2H3. The molecule has 21 aromatic carbocycles. The van der Waals surface area contributed by atoms with Crippen molar-refractivity contribution in [3.05, 3.63) is 541 Å². The van der Waals surface area contributed by atoms with Gasteiger partial charge in [-0.2, -0.15) is 15.8 Å². The SMILES string of the molecule is CC1(C)c2ccccc2N(c2ccccc2)c2c(-c3ccc(-c4cccc(C#N)c4-n4c5ccccc5c5ccccc54)cc3)cccc21.CC1(C)c2ccccc2N(c2ccccc2)c2cc(-c3ccc(-c4cccc(C#N)c4-n4c5ccccc5c5ccccc54)cc3)ccc21.CC1(C)c2ccccc2N(c2ccccc2)c2cccc(-c3ccc(-c4cccc(C#N)c4-n4c5ccccc5c5ccccc54)cc3)c21. The molecule has 0 atom stereocenters. The molecular weight excluding hydrogens is 1780 g/mol. The Balaban J connectivity index is 0.000000115. The van der Waals surface area contributed by atoms with Crippen LogP contribution in [0.5, 0.6) is 0 Å². The van der Waals surface area contributed by atoms with Crippen LogP contribution >= 0.6 is 0 Å². The highest BCUT2D eigenvalue weighted by molar-refractivity contribution is 6.13. The van der Waals surface area contributed by atoms with Crippen molar-refractivity contribution in [1.82, 2.24) is 13.7 Å². The quantitative estimate of drug-likeness (QED) is 0.121. The Morgan fingerprint density at radius 1 is 0.177 bits per heavy atom. The van der Waals surface area contributed by atoms with Crippen LogP contribution in [0.2, 0.25) is 0 Å². The number of para-hydroxylation sites is 16. The summed E-state index contributed by atoms with van der Waals surface area (Å²) < 4.78 is 6.78. The summed E-state index contributed by atoms with van der Waals surface area (Å²) >= 11 is 0. The first-order valence-corrected chi connectivity index (χ1v) is 50.3. The summed E-state index contributed by atoms with van der Waals surface area (Å²) in [4.78, 5) is 7.23. The average Bonchev–Trinajstić information content (AvgIpc) is 1.26. The maximum absolute atomic E-state index is 10.4. The van der Waals surface area contributed by atoms with E-state index >= 15 is 0 Å². The highest BCUT2D eigenvalue weighted by atomic mass is 15.2. The first kappa shape index (κ1) is 89.3. The van der Waals surface area contributed by atoms with Crippen molar-refractivity contribution >= 4 is 117 Å². The molecule has 3 aliphatic rings. The molecule has 0 amide bonds. The molecule has 0 bridgehead atoms. The fourth-order valence-electron chi connectivity index (χ4n) is 23.8. The number of fused-ring (bicyclic) bond motifs is 15. The molecule has 696 valence electrons. The Labute approximate surface area is 856 Å². The third-order valence-corrected chi connectivity index (χ3v) is 30.7. The van der Waals surface area contributed by atoms with Gasteiger partial charge in [0, 0.05) is 87.9 Å². The van der Waals surface area contributed by atoms with Gasteiger partial charge in [0.1, 0.15) is 18.2 Å². The van der Waals surface area contributed by atoms with Crippen molar-refractivity contribution in [2.24, 2.45) is 0 Å². The third-order valence-electron chi connectivity index (χ3n) is 30.7. The Hall–Kier alpha value is -19.1. The minimum absolute atomic E-state index is 0.144. The number of benzene rings is 21. The summed E-state index contributed by atoms with van der Waals surface area (Å²) in [7, 11) is 0. The smallest absolute Gasteiger partial charge is 0.101 e. The normalized spacial score (nSPS) is 13.2. The molecule has 0 spiro atoms. The summed E-state index contributed by atoms with van der Waals surface area (Å²) in [6.45, 7) is 14.0. The third kappa shape index (κ3) is 14.7. The maximum Gasteiger partial charge on any atom is 0.101 e. The summed E-state index contributed by atoms with van der Waals surface area (Å²) in [5, 5.41) is 38.2. The lowest BCUT2D eigenvalue weighted by molar-refractivity contribution is 0.632. The average molecular weight is 1880 g/mol. The van der Waals surface area contributed by atoms with Crippen LogP contribution in [-0.4, -0.2) is 13.7 Å². The topological polar surface area (TPSA) is 95.9 Å². The van der Waals surface area contributed by atoms with Crippen LogP contribution in [0.1, 0.15) is 91.6 Å². The Kier molecular flexibility index (Phi) is 21.9. The van der Waals surface area contributed by atoms with Crippen molar-refractivity contribution in [3.63, 3.8) is 0 Å². The van der Waals surface area contributed by atoms with E-state index in [1.165, 1.54) is 111 Å². The number of nitrogens with zero attached hydrogens (tertiary/aromatic N) is 9. The van der Waals surface area contributed by atoms with E-state index < -0.39 is 0 Å². The maximum atomic E-state index is 10.4. The summed E-state index contributed by atoms with van der Waals surface area (Å²) in [5.41, 5.74) is 42.5. The van der Waals surface area contributed by atoms with Crippen LogP contribution in [0.3, 0.4) is 0 Å². The number of aromatic nitrogens is 3. The van der Waals surface area contributed by atoms with E-state index in [0.717, 1.165) is 123 Å². The lowest BCUT2D eigenvalue weighted by Gasteiger charge is -2.43. The van der Waals surface area contributed by atoms with E-state index in [9.17, 15) is 15.8 Å². The molecule has 0 unspecified atom stereocenters. The van der Waals surface area contributed by atoms with Gasteiger partial charge in [-0.3, -0.25) is 0 Å². The molecule has 27 rings (SSSR count). The summed E-state index contributed by atoms with van der Waals surface area (Å²) in [5.74, 6) is 0. The molecule has 0 fully saturated rings. The van der Waals surface area contributed by atoms with Crippen LogP contribution in [0.25, 0.3) is 149 Å². The second-order valence-electron chi connectivity index (χ2n) is 39.9. The van der Waals surface area contributed by atoms with E-state index in [4.69, 9.17) is 0 Å². The highest BCUT2D eigenvalue weighted by Gasteiger charge is 2.42. The summed E-state index contributed by atoms with van der Waals surface area (Å²) in [6, 6.07) is 182. The van der Waals surface area contributed by atoms with Crippen LogP contribution < -0.4 is 14.7 Å². The predicted octanol–water partition coefficient (Wildman–Crippen LogP) is 36.3. The van der Waals surface area contributed by atoms with E-state index in [2.05, 4.69) is 543 Å². The van der Waals surface area contributed by atoms with Gasteiger partial charge in [-0.1, -0.05) is 412 Å². The molecule has 24 aromatic rings. The van der Waals surface area contributed by atoms with Crippen LogP contribution in [0.4, 0.5) is 51.2 Å². The van der Waals surface area contributed by atoms with Crippen molar-refractivity contribution in [2.75, 3.05) is 14.7 Å². The molecule has 0 N–H and O–H groups in total. The number of hydrogen-bond acceptors (Lipinski definition) is 6. The lowest BCUT2D eigenvalue weighted by Crippen LogP contribution is -2.31. The number of nitriles is 3.